The molecule has 3 aromatic rings. The lowest BCUT2D eigenvalue weighted by molar-refractivity contribution is -0.137. The fourth-order valence-electron chi connectivity index (χ4n) is 2.49. The normalized spacial score (nSPS) is 11.3. The number of hydrogen-bond acceptors (Lipinski definition) is 5. The van der Waals surface area contributed by atoms with Gasteiger partial charge in [0, 0.05) is 18.9 Å². The SMILES string of the molecule is NCCCNC(=O)c1cnc(Oc2ccc(C(F)(F)F)cc2)c(-c2ccn[nH]2)c1. The van der Waals surface area contributed by atoms with Crippen LogP contribution in [-0.4, -0.2) is 34.2 Å². The average Bonchev–Trinajstić information content (AvgIpc) is 3.23. The number of pyridine rings is 1. The molecule has 4 N–H and O–H groups in total. The van der Waals surface area contributed by atoms with E-state index in [1.807, 2.05) is 0 Å². The van der Waals surface area contributed by atoms with E-state index in [2.05, 4.69) is 20.5 Å². The van der Waals surface area contributed by atoms with Gasteiger partial charge >= 0.3 is 6.18 Å². The molecule has 0 aliphatic carbocycles. The lowest BCUT2D eigenvalue weighted by atomic mass is 10.1. The molecule has 0 spiro atoms. The fraction of sp³-hybridized carbons (Fsp3) is 0.211. The van der Waals surface area contributed by atoms with Crippen molar-refractivity contribution in [2.24, 2.45) is 5.73 Å². The van der Waals surface area contributed by atoms with E-state index in [4.69, 9.17) is 10.5 Å². The Labute approximate surface area is 164 Å². The van der Waals surface area contributed by atoms with Gasteiger partial charge in [0.05, 0.1) is 22.4 Å². The van der Waals surface area contributed by atoms with Gasteiger partial charge in [0.2, 0.25) is 5.88 Å². The van der Waals surface area contributed by atoms with Gasteiger partial charge in [0.15, 0.2) is 0 Å². The number of alkyl halides is 3. The Kier molecular flexibility index (Phi) is 6.13. The Morgan fingerprint density at radius 3 is 2.59 bits per heavy atom. The minimum absolute atomic E-state index is 0.118. The Bertz CT molecular complexity index is 957. The molecule has 0 saturated heterocycles. The maximum absolute atomic E-state index is 12.7. The first-order valence-corrected chi connectivity index (χ1v) is 8.71. The van der Waals surface area contributed by atoms with Crippen molar-refractivity contribution in [3.63, 3.8) is 0 Å². The summed E-state index contributed by atoms with van der Waals surface area (Å²) in [6.07, 6.45) is -0.944. The van der Waals surface area contributed by atoms with Crippen LogP contribution in [0.3, 0.4) is 0 Å². The number of ether oxygens (including phenoxy) is 1. The van der Waals surface area contributed by atoms with Crippen molar-refractivity contribution in [1.29, 1.82) is 0 Å². The van der Waals surface area contributed by atoms with Crippen molar-refractivity contribution in [3.05, 3.63) is 59.9 Å². The van der Waals surface area contributed by atoms with Gasteiger partial charge in [-0.2, -0.15) is 18.3 Å². The van der Waals surface area contributed by atoms with Crippen LogP contribution in [0.2, 0.25) is 0 Å². The molecule has 7 nitrogen and oxygen atoms in total. The molecule has 29 heavy (non-hydrogen) atoms. The quantitative estimate of drug-likeness (QED) is 0.523. The predicted molar refractivity (Wildman–Crippen MR) is 99.3 cm³/mol. The molecule has 0 saturated carbocycles. The van der Waals surface area contributed by atoms with Crippen molar-refractivity contribution in [2.45, 2.75) is 12.6 Å². The van der Waals surface area contributed by atoms with E-state index >= 15 is 0 Å². The van der Waals surface area contributed by atoms with E-state index in [0.29, 0.717) is 36.3 Å². The predicted octanol–water partition coefficient (Wildman–Crippen LogP) is 3.36. The first-order chi connectivity index (χ1) is 13.9. The van der Waals surface area contributed by atoms with Crippen LogP contribution in [0.25, 0.3) is 11.3 Å². The number of aromatic nitrogens is 3. The van der Waals surface area contributed by atoms with Crippen molar-refractivity contribution >= 4 is 5.91 Å². The number of amides is 1. The zero-order valence-electron chi connectivity index (χ0n) is 15.2. The molecule has 0 unspecified atom stereocenters. The Balaban J connectivity index is 1.87. The summed E-state index contributed by atoms with van der Waals surface area (Å²) in [6, 6.07) is 7.47. The lowest BCUT2D eigenvalue weighted by Gasteiger charge is -2.12. The van der Waals surface area contributed by atoms with E-state index in [9.17, 15) is 18.0 Å². The highest BCUT2D eigenvalue weighted by Crippen LogP contribution is 2.34. The van der Waals surface area contributed by atoms with Gasteiger partial charge in [-0.15, -0.1) is 0 Å². The fourth-order valence-corrected chi connectivity index (χ4v) is 2.49. The van der Waals surface area contributed by atoms with Gasteiger partial charge in [0.1, 0.15) is 5.75 Å². The molecule has 0 fully saturated rings. The first-order valence-electron chi connectivity index (χ1n) is 8.71. The highest BCUT2D eigenvalue weighted by atomic mass is 19.4. The molecule has 0 radical (unpaired) electrons. The molecule has 10 heteroatoms. The lowest BCUT2D eigenvalue weighted by Crippen LogP contribution is -2.26. The summed E-state index contributed by atoms with van der Waals surface area (Å²) in [5.41, 5.74) is 5.91. The number of rotatable bonds is 7. The van der Waals surface area contributed by atoms with Gasteiger partial charge in [-0.3, -0.25) is 9.89 Å². The van der Waals surface area contributed by atoms with Crippen LogP contribution in [0.5, 0.6) is 11.6 Å². The van der Waals surface area contributed by atoms with Crippen molar-refractivity contribution in [1.82, 2.24) is 20.5 Å². The molecular formula is C19H18F3N5O2. The molecule has 0 bridgehead atoms. The maximum Gasteiger partial charge on any atom is 0.416 e. The second-order valence-electron chi connectivity index (χ2n) is 6.07. The second-order valence-corrected chi connectivity index (χ2v) is 6.07. The Morgan fingerprint density at radius 1 is 1.21 bits per heavy atom. The van der Waals surface area contributed by atoms with Crippen molar-refractivity contribution in [3.8, 4) is 22.9 Å². The summed E-state index contributed by atoms with van der Waals surface area (Å²) in [7, 11) is 0. The number of nitrogens with one attached hydrogen (secondary N) is 2. The summed E-state index contributed by atoms with van der Waals surface area (Å²) in [4.78, 5) is 16.4. The minimum Gasteiger partial charge on any atom is -0.438 e. The summed E-state index contributed by atoms with van der Waals surface area (Å²) in [5.74, 6) is -0.0354. The molecule has 3 rings (SSSR count). The van der Waals surface area contributed by atoms with Crippen LogP contribution in [0.1, 0.15) is 22.3 Å². The van der Waals surface area contributed by atoms with Crippen molar-refractivity contribution < 1.29 is 22.7 Å². The second kappa shape index (κ2) is 8.74. The van der Waals surface area contributed by atoms with Crippen LogP contribution in [0, 0.1) is 0 Å². The molecule has 152 valence electrons. The molecule has 1 amide bonds. The molecule has 2 heterocycles. The Morgan fingerprint density at radius 2 is 1.97 bits per heavy atom. The number of nitrogens with two attached hydrogens (primary N) is 1. The largest absolute Gasteiger partial charge is 0.438 e. The van der Waals surface area contributed by atoms with Crippen LogP contribution in [0.4, 0.5) is 13.2 Å². The number of H-pyrrole nitrogens is 1. The van der Waals surface area contributed by atoms with E-state index in [0.717, 1.165) is 12.1 Å². The molecule has 0 aliphatic rings. The van der Waals surface area contributed by atoms with Crippen LogP contribution in [0.15, 0.2) is 48.8 Å². The number of aromatic amines is 1. The third-order valence-electron chi connectivity index (χ3n) is 3.97. The number of hydrogen-bond donors (Lipinski definition) is 3. The Hall–Kier alpha value is -3.40. The summed E-state index contributed by atoms with van der Waals surface area (Å²) in [5, 5.41) is 9.36. The average molecular weight is 405 g/mol. The molecule has 0 atom stereocenters. The number of halogens is 3. The minimum atomic E-state index is -4.43. The number of carbonyl (C=O) groups is 1. The van der Waals surface area contributed by atoms with Crippen LogP contribution >= 0.6 is 0 Å². The zero-order chi connectivity index (χ0) is 20.9. The van der Waals surface area contributed by atoms with Crippen molar-refractivity contribution in [2.75, 3.05) is 13.1 Å². The first kappa shape index (κ1) is 20.3. The monoisotopic (exact) mass is 405 g/mol. The number of benzene rings is 1. The third-order valence-corrected chi connectivity index (χ3v) is 3.97. The number of nitrogens with zero attached hydrogens (tertiary/aromatic N) is 2. The van der Waals surface area contributed by atoms with Gasteiger partial charge < -0.3 is 15.8 Å². The summed E-state index contributed by atoms with van der Waals surface area (Å²) < 4.78 is 43.8. The van der Waals surface area contributed by atoms with E-state index < -0.39 is 11.7 Å². The molecule has 0 aliphatic heterocycles. The zero-order valence-corrected chi connectivity index (χ0v) is 15.2. The smallest absolute Gasteiger partial charge is 0.416 e. The summed E-state index contributed by atoms with van der Waals surface area (Å²) >= 11 is 0. The van der Waals surface area contributed by atoms with E-state index in [1.54, 1.807) is 12.1 Å². The van der Waals surface area contributed by atoms with Crippen LogP contribution < -0.4 is 15.8 Å². The highest BCUT2D eigenvalue weighted by molar-refractivity contribution is 5.95. The van der Waals surface area contributed by atoms with E-state index in [1.165, 1.54) is 24.5 Å². The standard InChI is InChI=1S/C19H18F3N5O2/c20-19(21,22)13-2-4-14(5-3-13)29-18-15(16-6-9-26-27-16)10-12(11-25-18)17(28)24-8-1-7-23/h2-6,9-11H,1,7-8,23H2,(H,24,28)(H,26,27). The van der Waals surface area contributed by atoms with Gasteiger partial charge in [-0.05, 0) is 49.4 Å². The van der Waals surface area contributed by atoms with Crippen LogP contribution in [-0.2, 0) is 6.18 Å². The maximum atomic E-state index is 12.7. The molecular weight excluding hydrogens is 387 g/mol. The van der Waals surface area contributed by atoms with Gasteiger partial charge in [0.25, 0.3) is 5.91 Å². The third kappa shape index (κ3) is 5.11. The molecule has 1 aromatic carbocycles. The summed E-state index contributed by atoms with van der Waals surface area (Å²) in [6.45, 7) is 0.885. The van der Waals surface area contributed by atoms with Gasteiger partial charge in [-0.25, -0.2) is 4.98 Å². The van der Waals surface area contributed by atoms with E-state index in [-0.39, 0.29) is 17.5 Å². The molecule has 2 aromatic heterocycles. The highest BCUT2D eigenvalue weighted by Gasteiger charge is 2.30. The topological polar surface area (TPSA) is 106 Å². The number of carbonyl (C=O) groups excluding carboxylic acids is 1. The van der Waals surface area contributed by atoms with Gasteiger partial charge in [-0.1, -0.05) is 0 Å².